The first kappa shape index (κ1) is 15.0. The van der Waals surface area contributed by atoms with Gasteiger partial charge in [-0.05, 0) is 36.8 Å². The van der Waals surface area contributed by atoms with Gasteiger partial charge in [-0.3, -0.25) is 4.98 Å². The molecule has 5 rings (SSSR count). The molecule has 3 aromatic rings. The van der Waals surface area contributed by atoms with E-state index in [9.17, 15) is 0 Å². The van der Waals surface area contributed by atoms with Crippen LogP contribution >= 0.6 is 0 Å². The summed E-state index contributed by atoms with van der Waals surface area (Å²) < 4.78 is 13.3. The van der Waals surface area contributed by atoms with Crippen LogP contribution in [0.25, 0.3) is 22.6 Å². The summed E-state index contributed by atoms with van der Waals surface area (Å²) in [5.74, 6) is 2.73. The maximum Gasteiger partial charge on any atom is 0.231 e. The lowest BCUT2D eigenvalue weighted by molar-refractivity contribution is -0.00000622. The third kappa shape index (κ3) is 2.24. The van der Waals surface area contributed by atoms with Crippen molar-refractivity contribution in [1.82, 2.24) is 14.5 Å². The Hall–Kier alpha value is -2.53. The van der Waals surface area contributed by atoms with Gasteiger partial charge in [-0.25, -0.2) is 4.98 Å². The number of nitrogens with zero attached hydrogens (tertiary/aromatic N) is 3. The van der Waals surface area contributed by atoms with Gasteiger partial charge < -0.3 is 26.4 Å². The standard InChI is InChI=1S/C18H15N3O2.ClH/c1-2-8-19-13(4-1)17-18(21-9-3-5-16(21)20-17)12-6-7-14-15(10-12)23-11-22-14;/h1-2,4,6-8,10H,3,5,9,11H2;1H/p-1. The predicted octanol–water partition coefficient (Wildman–Crippen LogP) is 0.291. The number of hydrogen-bond donors (Lipinski definition) is 0. The first-order valence-electron chi connectivity index (χ1n) is 7.81. The highest BCUT2D eigenvalue weighted by Gasteiger charge is 2.25. The second-order valence-electron chi connectivity index (χ2n) is 5.76. The fourth-order valence-corrected chi connectivity index (χ4v) is 3.34. The molecule has 24 heavy (non-hydrogen) atoms. The molecule has 1 aromatic carbocycles. The van der Waals surface area contributed by atoms with Gasteiger partial charge in [0.25, 0.3) is 0 Å². The van der Waals surface area contributed by atoms with Gasteiger partial charge >= 0.3 is 0 Å². The monoisotopic (exact) mass is 340 g/mol. The summed E-state index contributed by atoms with van der Waals surface area (Å²) in [5, 5.41) is 0. The second-order valence-corrected chi connectivity index (χ2v) is 5.76. The molecule has 2 aromatic heterocycles. The fourth-order valence-electron chi connectivity index (χ4n) is 3.34. The smallest absolute Gasteiger partial charge is 0.231 e. The fraction of sp³-hybridized carbons (Fsp3) is 0.222. The van der Waals surface area contributed by atoms with Crippen molar-refractivity contribution >= 4 is 0 Å². The maximum absolute atomic E-state index is 5.53. The number of imidazole rings is 1. The van der Waals surface area contributed by atoms with E-state index in [4.69, 9.17) is 14.5 Å². The molecule has 0 radical (unpaired) electrons. The number of halogens is 1. The summed E-state index contributed by atoms with van der Waals surface area (Å²) in [4.78, 5) is 9.35. The summed E-state index contributed by atoms with van der Waals surface area (Å²) in [6.07, 6.45) is 3.97. The second kappa shape index (κ2) is 5.83. The topological polar surface area (TPSA) is 49.2 Å². The van der Waals surface area contributed by atoms with Crippen molar-refractivity contribution in [3.63, 3.8) is 0 Å². The minimum Gasteiger partial charge on any atom is -1.00 e. The van der Waals surface area contributed by atoms with E-state index in [1.807, 2.05) is 36.5 Å². The van der Waals surface area contributed by atoms with Crippen molar-refractivity contribution in [2.75, 3.05) is 6.79 Å². The quantitative estimate of drug-likeness (QED) is 0.673. The zero-order chi connectivity index (χ0) is 15.2. The molecule has 0 atom stereocenters. The Morgan fingerprint density at radius 2 is 1.96 bits per heavy atom. The van der Waals surface area contributed by atoms with Gasteiger partial charge in [-0.2, -0.15) is 0 Å². The van der Waals surface area contributed by atoms with Crippen LogP contribution in [0, 0.1) is 0 Å². The first-order chi connectivity index (χ1) is 11.4. The minimum atomic E-state index is 0. The van der Waals surface area contributed by atoms with E-state index in [0.29, 0.717) is 0 Å². The number of hydrogen-bond acceptors (Lipinski definition) is 4. The van der Waals surface area contributed by atoms with Crippen LogP contribution in [0.2, 0.25) is 0 Å². The molecule has 2 aliphatic heterocycles. The molecule has 0 saturated carbocycles. The van der Waals surface area contributed by atoms with E-state index in [1.165, 1.54) is 0 Å². The maximum atomic E-state index is 5.53. The highest BCUT2D eigenvalue weighted by Crippen LogP contribution is 2.40. The molecule has 0 spiro atoms. The number of ether oxygens (including phenoxy) is 2. The molecule has 0 bridgehead atoms. The van der Waals surface area contributed by atoms with Crippen LogP contribution < -0.4 is 21.9 Å². The molecule has 0 amide bonds. The van der Waals surface area contributed by atoms with E-state index >= 15 is 0 Å². The summed E-state index contributed by atoms with van der Waals surface area (Å²) in [7, 11) is 0. The Morgan fingerprint density at radius 3 is 2.83 bits per heavy atom. The summed E-state index contributed by atoms with van der Waals surface area (Å²) in [6.45, 7) is 1.29. The number of aryl methyl sites for hydroxylation is 1. The molecule has 0 saturated heterocycles. The summed E-state index contributed by atoms with van der Waals surface area (Å²) >= 11 is 0. The van der Waals surface area contributed by atoms with E-state index in [0.717, 1.165) is 59.4 Å². The number of benzene rings is 1. The van der Waals surface area contributed by atoms with Crippen LogP contribution in [-0.2, 0) is 13.0 Å². The van der Waals surface area contributed by atoms with Crippen LogP contribution in [0.15, 0.2) is 42.6 Å². The number of fused-ring (bicyclic) bond motifs is 2. The summed E-state index contributed by atoms with van der Waals surface area (Å²) in [5.41, 5.74) is 4.06. The summed E-state index contributed by atoms with van der Waals surface area (Å²) in [6, 6.07) is 12.0. The van der Waals surface area contributed by atoms with Crippen LogP contribution in [0.4, 0.5) is 0 Å². The van der Waals surface area contributed by atoms with Crippen molar-refractivity contribution in [1.29, 1.82) is 0 Å². The third-order valence-corrected chi connectivity index (χ3v) is 4.38. The predicted molar refractivity (Wildman–Crippen MR) is 85.3 cm³/mol. The van der Waals surface area contributed by atoms with E-state index in [-0.39, 0.29) is 19.2 Å². The van der Waals surface area contributed by atoms with Gasteiger partial charge in [0.1, 0.15) is 11.5 Å². The van der Waals surface area contributed by atoms with E-state index in [2.05, 4.69) is 15.6 Å². The molecule has 0 aliphatic carbocycles. The van der Waals surface area contributed by atoms with Crippen molar-refractivity contribution in [2.45, 2.75) is 19.4 Å². The number of aromatic nitrogens is 3. The van der Waals surface area contributed by atoms with Crippen molar-refractivity contribution in [2.24, 2.45) is 0 Å². The largest absolute Gasteiger partial charge is 1.00 e. The molecule has 0 unspecified atom stereocenters. The first-order valence-corrected chi connectivity index (χ1v) is 7.81. The van der Waals surface area contributed by atoms with E-state index in [1.54, 1.807) is 0 Å². The highest BCUT2D eigenvalue weighted by atomic mass is 35.5. The molecule has 6 heteroatoms. The van der Waals surface area contributed by atoms with Gasteiger partial charge in [-0.15, -0.1) is 0 Å². The average Bonchev–Trinajstić information content (AvgIpc) is 3.30. The van der Waals surface area contributed by atoms with Crippen molar-refractivity contribution in [3.8, 4) is 34.1 Å². The lowest BCUT2D eigenvalue weighted by Gasteiger charge is -2.09. The molecule has 5 nitrogen and oxygen atoms in total. The number of rotatable bonds is 2. The Morgan fingerprint density at radius 1 is 1.04 bits per heavy atom. The highest BCUT2D eigenvalue weighted by molar-refractivity contribution is 5.79. The Labute approximate surface area is 145 Å². The Bertz CT molecular complexity index is 893. The van der Waals surface area contributed by atoms with Gasteiger partial charge in [-0.1, -0.05) is 6.07 Å². The lowest BCUT2D eigenvalue weighted by atomic mass is 10.1. The van der Waals surface area contributed by atoms with Gasteiger partial charge in [0, 0.05) is 24.7 Å². The van der Waals surface area contributed by atoms with Crippen LogP contribution in [-0.4, -0.2) is 21.3 Å². The SMILES string of the molecule is [Cl-].c1ccc(-c2nc3n(c2-c2ccc4c(c2)OCO4)CCC3)nc1. The normalized spacial score (nSPS) is 14.3. The molecule has 4 heterocycles. The van der Waals surface area contributed by atoms with Crippen LogP contribution in [0.1, 0.15) is 12.2 Å². The molecule has 0 N–H and O–H groups in total. The Balaban J connectivity index is 0.00000146. The molecular formula is C18H15ClN3O2-. The van der Waals surface area contributed by atoms with Crippen LogP contribution in [0.3, 0.4) is 0 Å². The zero-order valence-electron chi connectivity index (χ0n) is 12.9. The van der Waals surface area contributed by atoms with Crippen LogP contribution in [0.5, 0.6) is 11.5 Å². The van der Waals surface area contributed by atoms with Gasteiger partial charge in [0.2, 0.25) is 6.79 Å². The Kier molecular flexibility index (Phi) is 3.65. The average molecular weight is 341 g/mol. The number of pyridine rings is 1. The van der Waals surface area contributed by atoms with Crippen molar-refractivity contribution < 1.29 is 21.9 Å². The lowest BCUT2D eigenvalue weighted by Crippen LogP contribution is -3.00. The third-order valence-electron chi connectivity index (χ3n) is 4.38. The van der Waals surface area contributed by atoms with Gasteiger partial charge in [0.15, 0.2) is 11.5 Å². The molecule has 0 fully saturated rings. The van der Waals surface area contributed by atoms with E-state index < -0.39 is 0 Å². The zero-order valence-corrected chi connectivity index (χ0v) is 13.7. The molecule has 122 valence electrons. The van der Waals surface area contributed by atoms with Crippen molar-refractivity contribution in [3.05, 3.63) is 48.4 Å². The molecule has 2 aliphatic rings. The molecular weight excluding hydrogens is 326 g/mol. The minimum absolute atomic E-state index is 0. The van der Waals surface area contributed by atoms with Gasteiger partial charge in [0.05, 0.1) is 11.4 Å².